The Bertz CT molecular complexity index is 1180. The summed E-state index contributed by atoms with van der Waals surface area (Å²) < 4.78 is 0. The van der Waals surface area contributed by atoms with Crippen LogP contribution in [-0.4, -0.2) is 15.8 Å². The molecule has 0 unspecified atom stereocenters. The number of carbonyl (C=O) groups excluding carboxylic acids is 1. The highest BCUT2D eigenvalue weighted by Gasteiger charge is 2.42. The predicted octanol–water partition coefficient (Wildman–Crippen LogP) is 5.78. The maximum atomic E-state index is 13.5. The first kappa shape index (κ1) is 16.8. The van der Waals surface area contributed by atoms with Crippen LogP contribution in [0.25, 0.3) is 10.9 Å². The third-order valence-electron chi connectivity index (χ3n) is 5.91. The molecule has 1 aliphatic heterocycles. The first-order chi connectivity index (χ1) is 13.7. The fourth-order valence-corrected chi connectivity index (χ4v) is 4.57. The zero-order valence-electron chi connectivity index (χ0n) is 16.0. The number of fused-ring (bicyclic) bond motifs is 2. The molecule has 5 rings (SSSR count). The summed E-state index contributed by atoms with van der Waals surface area (Å²) >= 11 is 0. The van der Waals surface area contributed by atoms with Gasteiger partial charge in [0.1, 0.15) is 0 Å². The molecule has 138 valence electrons. The highest BCUT2D eigenvalue weighted by molar-refractivity contribution is 6.01. The van der Waals surface area contributed by atoms with E-state index in [0.717, 1.165) is 27.9 Å². The van der Waals surface area contributed by atoms with Crippen molar-refractivity contribution in [1.82, 2.24) is 9.88 Å². The Hall–Kier alpha value is -3.33. The van der Waals surface area contributed by atoms with Crippen molar-refractivity contribution < 1.29 is 4.79 Å². The summed E-state index contributed by atoms with van der Waals surface area (Å²) in [5, 5.41) is 1.18. The molecule has 0 saturated heterocycles. The number of nitrogens with zero attached hydrogens (tertiary/aromatic N) is 1. The molecule has 0 spiro atoms. The fourth-order valence-electron chi connectivity index (χ4n) is 4.57. The van der Waals surface area contributed by atoms with Crippen molar-refractivity contribution in [3.63, 3.8) is 0 Å². The summed E-state index contributed by atoms with van der Waals surface area (Å²) in [5.41, 5.74) is 6.45. The lowest BCUT2D eigenvalue weighted by Gasteiger charge is -2.32. The maximum absolute atomic E-state index is 13.5. The number of aromatic nitrogens is 1. The molecule has 1 amide bonds. The summed E-state index contributed by atoms with van der Waals surface area (Å²) in [6.07, 6.45) is 0. The second-order valence-corrected chi connectivity index (χ2v) is 7.50. The Morgan fingerprint density at radius 1 is 0.893 bits per heavy atom. The van der Waals surface area contributed by atoms with Crippen molar-refractivity contribution in [2.24, 2.45) is 0 Å². The Labute approximate surface area is 164 Å². The number of hydrogen-bond donors (Lipinski definition) is 1. The first-order valence-corrected chi connectivity index (χ1v) is 9.70. The van der Waals surface area contributed by atoms with Crippen LogP contribution >= 0.6 is 0 Å². The lowest BCUT2D eigenvalue weighted by molar-refractivity contribution is 0.0677. The second kappa shape index (κ2) is 6.38. The largest absolute Gasteiger partial charge is 0.358 e. The minimum Gasteiger partial charge on any atom is -0.358 e. The molecule has 3 heteroatoms. The van der Waals surface area contributed by atoms with E-state index in [9.17, 15) is 4.79 Å². The van der Waals surface area contributed by atoms with E-state index in [0.29, 0.717) is 0 Å². The van der Waals surface area contributed by atoms with Crippen LogP contribution in [-0.2, 0) is 0 Å². The molecule has 4 aromatic rings. The number of H-pyrrole nitrogens is 1. The van der Waals surface area contributed by atoms with Gasteiger partial charge in [0.25, 0.3) is 5.91 Å². The van der Waals surface area contributed by atoms with Crippen LogP contribution in [0, 0.1) is 6.92 Å². The molecule has 0 aliphatic carbocycles. The molecule has 1 aromatic heterocycles. The van der Waals surface area contributed by atoms with Crippen molar-refractivity contribution >= 4 is 16.8 Å². The highest BCUT2D eigenvalue weighted by Crippen LogP contribution is 2.46. The van der Waals surface area contributed by atoms with Gasteiger partial charge >= 0.3 is 0 Å². The van der Waals surface area contributed by atoms with Gasteiger partial charge in [-0.15, -0.1) is 0 Å². The van der Waals surface area contributed by atoms with Gasteiger partial charge in [0.05, 0.1) is 12.1 Å². The van der Waals surface area contributed by atoms with Gasteiger partial charge < -0.3 is 9.88 Å². The SMILES string of the molecule is Cc1[nH]c2ccccc2c1[C@@H]1c2ccccc2C(=O)N1[C@@H](C)c1ccccc1. The number of para-hydroxylation sites is 1. The lowest BCUT2D eigenvalue weighted by atomic mass is 9.94. The van der Waals surface area contributed by atoms with Crippen LogP contribution < -0.4 is 0 Å². The number of amides is 1. The molecule has 0 saturated carbocycles. The minimum absolute atomic E-state index is 0.0286. The minimum atomic E-state index is -0.102. The number of benzene rings is 3. The monoisotopic (exact) mass is 366 g/mol. The number of carbonyl (C=O) groups is 1. The van der Waals surface area contributed by atoms with E-state index < -0.39 is 0 Å². The number of hydrogen-bond acceptors (Lipinski definition) is 1. The Balaban J connectivity index is 1.74. The second-order valence-electron chi connectivity index (χ2n) is 7.50. The van der Waals surface area contributed by atoms with Gasteiger partial charge in [0.15, 0.2) is 0 Å². The fraction of sp³-hybridized carbons (Fsp3) is 0.160. The number of rotatable bonds is 3. The summed E-state index contributed by atoms with van der Waals surface area (Å²) in [6, 6.07) is 26.5. The van der Waals surface area contributed by atoms with Gasteiger partial charge in [-0.1, -0.05) is 66.7 Å². The number of aromatic amines is 1. The van der Waals surface area contributed by atoms with Gasteiger partial charge in [-0.2, -0.15) is 0 Å². The number of aryl methyl sites for hydroxylation is 1. The average molecular weight is 366 g/mol. The molecule has 2 heterocycles. The van der Waals surface area contributed by atoms with Crippen molar-refractivity contribution in [3.05, 3.63) is 107 Å². The van der Waals surface area contributed by atoms with Gasteiger partial charge in [0.2, 0.25) is 0 Å². The van der Waals surface area contributed by atoms with E-state index in [-0.39, 0.29) is 18.0 Å². The summed E-state index contributed by atoms with van der Waals surface area (Å²) in [5.74, 6) is 0.0987. The molecule has 0 fully saturated rings. The van der Waals surface area contributed by atoms with Crippen LogP contribution in [0.15, 0.2) is 78.9 Å². The summed E-state index contributed by atoms with van der Waals surface area (Å²) in [4.78, 5) is 19.0. The standard InChI is InChI=1S/C25H22N2O/c1-16-23(21-14-8-9-15-22(21)26-16)24-19-12-6-7-13-20(19)25(28)27(24)17(2)18-10-4-3-5-11-18/h3-15,17,24,26H,1-2H3/t17-,24-/m0/s1. The number of nitrogens with one attached hydrogen (secondary N) is 1. The topological polar surface area (TPSA) is 36.1 Å². The molecule has 1 N–H and O–H groups in total. The normalized spacial score (nSPS) is 17.1. The van der Waals surface area contributed by atoms with E-state index in [1.54, 1.807) is 0 Å². The Kier molecular flexibility index (Phi) is 3.83. The highest BCUT2D eigenvalue weighted by atomic mass is 16.2. The molecule has 0 bridgehead atoms. The molecular formula is C25H22N2O. The molecule has 1 aliphatic rings. The van der Waals surface area contributed by atoms with Gasteiger partial charge in [-0.3, -0.25) is 4.79 Å². The van der Waals surface area contributed by atoms with Crippen molar-refractivity contribution in [3.8, 4) is 0 Å². The van der Waals surface area contributed by atoms with Crippen molar-refractivity contribution in [2.75, 3.05) is 0 Å². The molecule has 2 atom stereocenters. The van der Waals surface area contributed by atoms with E-state index in [4.69, 9.17) is 0 Å². The Morgan fingerprint density at radius 3 is 2.39 bits per heavy atom. The maximum Gasteiger partial charge on any atom is 0.255 e. The third kappa shape index (κ3) is 2.40. The van der Waals surface area contributed by atoms with Crippen molar-refractivity contribution in [1.29, 1.82) is 0 Å². The molecule has 0 radical (unpaired) electrons. The quantitative estimate of drug-likeness (QED) is 0.490. The zero-order valence-corrected chi connectivity index (χ0v) is 16.0. The summed E-state index contributed by atoms with van der Waals surface area (Å²) in [6.45, 7) is 4.22. The van der Waals surface area contributed by atoms with Crippen LogP contribution in [0.5, 0.6) is 0 Å². The lowest BCUT2D eigenvalue weighted by Crippen LogP contribution is -2.31. The van der Waals surface area contributed by atoms with E-state index in [1.165, 1.54) is 10.9 Å². The molecule has 28 heavy (non-hydrogen) atoms. The van der Waals surface area contributed by atoms with Gasteiger partial charge in [-0.25, -0.2) is 0 Å². The third-order valence-corrected chi connectivity index (χ3v) is 5.91. The average Bonchev–Trinajstić information content (AvgIpc) is 3.21. The predicted molar refractivity (Wildman–Crippen MR) is 112 cm³/mol. The van der Waals surface area contributed by atoms with Gasteiger partial charge in [0, 0.05) is 27.7 Å². The van der Waals surface area contributed by atoms with Crippen LogP contribution in [0.2, 0.25) is 0 Å². The zero-order chi connectivity index (χ0) is 19.3. The van der Waals surface area contributed by atoms with E-state index in [2.05, 4.69) is 55.2 Å². The summed E-state index contributed by atoms with van der Waals surface area (Å²) in [7, 11) is 0. The smallest absolute Gasteiger partial charge is 0.255 e. The molecular weight excluding hydrogens is 344 g/mol. The van der Waals surface area contributed by atoms with Crippen LogP contribution in [0.3, 0.4) is 0 Å². The van der Waals surface area contributed by atoms with Crippen LogP contribution in [0.4, 0.5) is 0 Å². The molecule has 3 aromatic carbocycles. The van der Waals surface area contributed by atoms with E-state index in [1.807, 2.05) is 47.4 Å². The Morgan fingerprint density at radius 2 is 1.57 bits per heavy atom. The van der Waals surface area contributed by atoms with Gasteiger partial charge in [-0.05, 0) is 37.1 Å². The van der Waals surface area contributed by atoms with Crippen LogP contribution in [0.1, 0.15) is 51.7 Å². The molecule has 3 nitrogen and oxygen atoms in total. The van der Waals surface area contributed by atoms with Crippen molar-refractivity contribution in [2.45, 2.75) is 25.9 Å². The first-order valence-electron chi connectivity index (χ1n) is 9.70. The van der Waals surface area contributed by atoms with E-state index >= 15 is 0 Å².